The van der Waals surface area contributed by atoms with E-state index in [1.807, 2.05) is 13.8 Å². The van der Waals surface area contributed by atoms with E-state index in [0.717, 1.165) is 0 Å². The molecular formula is C19H23FN2O3. The maximum absolute atomic E-state index is 13.1. The second-order valence-electron chi connectivity index (χ2n) is 6.23. The Morgan fingerprint density at radius 1 is 1.24 bits per heavy atom. The van der Waals surface area contributed by atoms with Gasteiger partial charge in [-0.3, -0.25) is 4.79 Å². The first-order chi connectivity index (χ1) is 11.9. The number of halogens is 1. The van der Waals surface area contributed by atoms with Crippen molar-refractivity contribution in [2.75, 3.05) is 20.2 Å². The van der Waals surface area contributed by atoms with Crippen LogP contribution in [0.1, 0.15) is 35.9 Å². The van der Waals surface area contributed by atoms with Crippen molar-refractivity contribution in [2.45, 2.75) is 20.0 Å². The number of aliphatic hydroxyl groups is 1. The topological polar surface area (TPSA) is 62.7 Å². The minimum atomic E-state index is -0.911. The number of methoxy groups -OCH3 is 1. The van der Waals surface area contributed by atoms with Crippen LogP contribution in [0.5, 0.6) is 5.88 Å². The molecule has 1 unspecified atom stereocenters. The summed E-state index contributed by atoms with van der Waals surface area (Å²) < 4.78 is 18.2. The van der Waals surface area contributed by atoms with Gasteiger partial charge in [0.25, 0.3) is 5.91 Å². The summed E-state index contributed by atoms with van der Waals surface area (Å²) in [5.41, 5.74) is 0.901. The summed E-state index contributed by atoms with van der Waals surface area (Å²) in [5.74, 6) is -0.171. The lowest BCUT2D eigenvalue weighted by atomic mass is 10.1. The molecule has 5 nitrogen and oxygen atoms in total. The van der Waals surface area contributed by atoms with Gasteiger partial charge in [0.2, 0.25) is 5.88 Å². The molecule has 0 saturated heterocycles. The van der Waals surface area contributed by atoms with Gasteiger partial charge >= 0.3 is 0 Å². The summed E-state index contributed by atoms with van der Waals surface area (Å²) in [7, 11) is 1.46. The van der Waals surface area contributed by atoms with E-state index in [1.54, 1.807) is 23.2 Å². The van der Waals surface area contributed by atoms with Gasteiger partial charge in [0, 0.05) is 12.7 Å². The Labute approximate surface area is 147 Å². The van der Waals surface area contributed by atoms with Crippen LogP contribution in [0.15, 0.2) is 42.6 Å². The van der Waals surface area contributed by atoms with Crippen LogP contribution in [0.4, 0.5) is 4.39 Å². The standard InChI is InChI=1S/C19H23FN2O3/c1-13(2)11-22(12-17(23)14-6-8-15(20)9-7-14)19(24)16-5-4-10-21-18(16)25-3/h4-10,13,17,23H,11-12H2,1-3H3. The first-order valence-corrected chi connectivity index (χ1v) is 8.14. The summed E-state index contributed by atoms with van der Waals surface area (Å²) in [4.78, 5) is 18.5. The van der Waals surface area contributed by atoms with E-state index < -0.39 is 6.10 Å². The molecule has 0 aliphatic carbocycles. The van der Waals surface area contributed by atoms with Crippen molar-refractivity contribution in [3.63, 3.8) is 0 Å². The fraction of sp³-hybridized carbons (Fsp3) is 0.368. The molecule has 0 spiro atoms. The van der Waals surface area contributed by atoms with Gasteiger partial charge in [0.1, 0.15) is 11.4 Å². The average Bonchev–Trinajstić information content (AvgIpc) is 2.60. The van der Waals surface area contributed by atoms with Gasteiger partial charge in [-0.2, -0.15) is 0 Å². The Balaban J connectivity index is 2.23. The molecule has 1 aromatic heterocycles. The number of carbonyl (C=O) groups excluding carboxylic acids is 1. The lowest BCUT2D eigenvalue weighted by Gasteiger charge is -2.27. The summed E-state index contributed by atoms with van der Waals surface area (Å²) >= 11 is 0. The van der Waals surface area contributed by atoms with Crippen LogP contribution in [0.3, 0.4) is 0 Å². The van der Waals surface area contributed by atoms with E-state index in [0.29, 0.717) is 17.7 Å². The Morgan fingerprint density at radius 2 is 1.92 bits per heavy atom. The molecule has 0 fully saturated rings. The zero-order valence-corrected chi connectivity index (χ0v) is 14.6. The molecule has 1 N–H and O–H groups in total. The quantitative estimate of drug-likeness (QED) is 0.837. The van der Waals surface area contributed by atoms with Gasteiger partial charge in [0.05, 0.1) is 19.8 Å². The molecule has 25 heavy (non-hydrogen) atoms. The highest BCUT2D eigenvalue weighted by atomic mass is 19.1. The van der Waals surface area contributed by atoms with E-state index in [9.17, 15) is 14.3 Å². The van der Waals surface area contributed by atoms with Crippen molar-refractivity contribution in [1.29, 1.82) is 0 Å². The molecule has 0 saturated carbocycles. The zero-order chi connectivity index (χ0) is 18.4. The Bertz CT molecular complexity index is 704. The number of aromatic nitrogens is 1. The van der Waals surface area contributed by atoms with E-state index >= 15 is 0 Å². The maximum atomic E-state index is 13.1. The molecule has 0 bridgehead atoms. The predicted octanol–water partition coefficient (Wildman–Crippen LogP) is 3.06. The number of pyridine rings is 1. The predicted molar refractivity (Wildman–Crippen MR) is 92.9 cm³/mol. The highest BCUT2D eigenvalue weighted by molar-refractivity contribution is 5.96. The molecule has 1 amide bonds. The van der Waals surface area contributed by atoms with Gasteiger partial charge in [-0.05, 0) is 35.7 Å². The summed E-state index contributed by atoms with van der Waals surface area (Å²) in [6.07, 6.45) is 0.640. The second-order valence-corrected chi connectivity index (χ2v) is 6.23. The normalized spacial score (nSPS) is 12.1. The van der Waals surface area contributed by atoms with E-state index in [2.05, 4.69) is 4.98 Å². The SMILES string of the molecule is COc1ncccc1C(=O)N(CC(C)C)CC(O)c1ccc(F)cc1. The fourth-order valence-corrected chi connectivity index (χ4v) is 2.57. The Morgan fingerprint density at radius 3 is 2.52 bits per heavy atom. The van der Waals surface area contributed by atoms with E-state index in [-0.39, 0.29) is 30.1 Å². The molecule has 6 heteroatoms. The first kappa shape index (κ1) is 18.9. The molecule has 0 radical (unpaired) electrons. The zero-order valence-electron chi connectivity index (χ0n) is 14.6. The summed E-state index contributed by atoms with van der Waals surface area (Å²) in [6, 6.07) is 8.92. The second kappa shape index (κ2) is 8.58. The van der Waals surface area contributed by atoms with Gasteiger partial charge in [-0.25, -0.2) is 9.37 Å². The largest absolute Gasteiger partial charge is 0.480 e. The van der Waals surface area contributed by atoms with E-state index in [1.165, 1.54) is 31.4 Å². The number of rotatable bonds is 7. The number of nitrogens with zero attached hydrogens (tertiary/aromatic N) is 2. The van der Waals surface area contributed by atoms with Crippen molar-refractivity contribution in [3.05, 3.63) is 59.5 Å². The van der Waals surface area contributed by atoms with Crippen LogP contribution in [-0.2, 0) is 0 Å². The third-order valence-corrected chi connectivity index (χ3v) is 3.72. The number of benzene rings is 1. The molecular weight excluding hydrogens is 323 g/mol. The molecule has 2 aromatic rings. The van der Waals surface area contributed by atoms with Crippen LogP contribution in [0.25, 0.3) is 0 Å². The molecule has 1 heterocycles. The van der Waals surface area contributed by atoms with Gasteiger partial charge < -0.3 is 14.7 Å². The minimum absolute atomic E-state index is 0.0979. The van der Waals surface area contributed by atoms with Crippen molar-refractivity contribution in [1.82, 2.24) is 9.88 Å². The first-order valence-electron chi connectivity index (χ1n) is 8.14. The van der Waals surface area contributed by atoms with Crippen molar-refractivity contribution >= 4 is 5.91 Å². The molecule has 1 atom stereocenters. The van der Waals surface area contributed by atoms with Gasteiger partial charge in [-0.15, -0.1) is 0 Å². The van der Waals surface area contributed by atoms with E-state index in [4.69, 9.17) is 4.74 Å². The highest BCUT2D eigenvalue weighted by Gasteiger charge is 2.24. The number of aliphatic hydroxyl groups excluding tert-OH is 1. The molecule has 2 rings (SSSR count). The number of ether oxygens (including phenoxy) is 1. The van der Waals surface area contributed by atoms with Crippen LogP contribution < -0.4 is 4.74 Å². The summed E-state index contributed by atoms with van der Waals surface area (Å²) in [6.45, 7) is 4.55. The van der Waals surface area contributed by atoms with Crippen molar-refractivity contribution in [3.8, 4) is 5.88 Å². The van der Waals surface area contributed by atoms with Crippen LogP contribution in [-0.4, -0.2) is 41.1 Å². The van der Waals surface area contributed by atoms with Gasteiger partial charge in [-0.1, -0.05) is 26.0 Å². The molecule has 0 aliphatic heterocycles. The van der Waals surface area contributed by atoms with Crippen LogP contribution in [0.2, 0.25) is 0 Å². The lowest BCUT2D eigenvalue weighted by molar-refractivity contribution is 0.0590. The number of hydrogen-bond acceptors (Lipinski definition) is 4. The number of carbonyl (C=O) groups is 1. The monoisotopic (exact) mass is 346 g/mol. The molecule has 0 aliphatic rings. The smallest absolute Gasteiger partial charge is 0.259 e. The maximum Gasteiger partial charge on any atom is 0.259 e. The summed E-state index contributed by atoms with van der Waals surface area (Å²) in [5, 5.41) is 10.5. The average molecular weight is 346 g/mol. The third-order valence-electron chi connectivity index (χ3n) is 3.72. The number of amides is 1. The molecule has 1 aromatic carbocycles. The van der Waals surface area contributed by atoms with Crippen LogP contribution >= 0.6 is 0 Å². The fourth-order valence-electron chi connectivity index (χ4n) is 2.57. The lowest BCUT2D eigenvalue weighted by Crippen LogP contribution is -2.37. The Hall–Kier alpha value is -2.47. The Kier molecular flexibility index (Phi) is 6.47. The van der Waals surface area contributed by atoms with Crippen molar-refractivity contribution < 1.29 is 19.0 Å². The van der Waals surface area contributed by atoms with Crippen molar-refractivity contribution in [2.24, 2.45) is 5.92 Å². The number of hydrogen-bond donors (Lipinski definition) is 1. The van der Waals surface area contributed by atoms with Gasteiger partial charge in [0.15, 0.2) is 0 Å². The highest BCUT2D eigenvalue weighted by Crippen LogP contribution is 2.21. The third kappa shape index (κ3) is 5.00. The minimum Gasteiger partial charge on any atom is -0.480 e. The van der Waals surface area contributed by atoms with Crippen LogP contribution in [0, 0.1) is 11.7 Å². The molecule has 134 valence electrons.